The molecular weight excluding hydrogens is 324 g/mol. The van der Waals surface area contributed by atoms with Gasteiger partial charge in [0.15, 0.2) is 0 Å². The average molecular weight is 341 g/mol. The molecule has 0 aliphatic heterocycles. The van der Waals surface area contributed by atoms with E-state index < -0.39 is 0 Å². The van der Waals surface area contributed by atoms with Gasteiger partial charge >= 0.3 is 0 Å². The lowest BCUT2D eigenvalue weighted by Crippen LogP contribution is -2.31. The van der Waals surface area contributed by atoms with Gasteiger partial charge in [-0.3, -0.25) is 4.79 Å². The third-order valence-electron chi connectivity index (χ3n) is 3.61. The molecule has 6 heteroatoms. The summed E-state index contributed by atoms with van der Waals surface area (Å²) in [7, 11) is 0. The molecule has 0 spiro atoms. The van der Waals surface area contributed by atoms with E-state index in [1.165, 1.54) is 6.33 Å². The van der Waals surface area contributed by atoms with E-state index in [4.69, 9.17) is 11.6 Å². The van der Waals surface area contributed by atoms with Crippen LogP contribution in [0.5, 0.6) is 0 Å². The molecule has 2 N–H and O–H groups in total. The Morgan fingerprint density at radius 2 is 1.83 bits per heavy atom. The van der Waals surface area contributed by atoms with Crippen molar-refractivity contribution in [2.24, 2.45) is 0 Å². The fraction of sp³-hybridized carbons (Fsp3) is 0.167. The highest BCUT2D eigenvalue weighted by atomic mass is 35.5. The van der Waals surface area contributed by atoms with E-state index in [9.17, 15) is 4.79 Å². The Balaban J connectivity index is 1.49. The van der Waals surface area contributed by atoms with Gasteiger partial charge in [0.25, 0.3) is 0 Å². The second-order valence-corrected chi connectivity index (χ2v) is 5.76. The van der Waals surface area contributed by atoms with Crippen LogP contribution in [0.3, 0.4) is 0 Å². The van der Waals surface area contributed by atoms with Crippen molar-refractivity contribution in [1.82, 2.24) is 15.3 Å². The van der Waals surface area contributed by atoms with Gasteiger partial charge in [0, 0.05) is 17.0 Å². The number of nitrogens with zero attached hydrogens (tertiary/aromatic N) is 2. The maximum absolute atomic E-state index is 12.0. The maximum Gasteiger partial charge on any atom is 0.239 e. The quantitative estimate of drug-likeness (QED) is 0.723. The number of rotatable bonds is 6. The first kappa shape index (κ1) is 16.2. The molecule has 0 aliphatic carbocycles. The lowest BCUT2D eigenvalue weighted by atomic mass is 10.1. The summed E-state index contributed by atoms with van der Waals surface area (Å²) >= 11 is 5.85. The molecule has 0 atom stereocenters. The molecule has 1 aromatic heterocycles. The molecule has 24 heavy (non-hydrogen) atoms. The largest absolute Gasteiger partial charge is 0.360 e. The molecule has 0 fully saturated rings. The van der Waals surface area contributed by atoms with Crippen LogP contribution in [0.25, 0.3) is 10.9 Å². The summed E-state index contributed by atoms with van der Waals surface area (Å²) < 4.78 is 0. The number of halogens is 1. The summed E-state index contributed by atoms with van der Waals surface area (Å²) in [5.74, 6) is 0.583. The minimum absolute atomic E-state index is 0.0772. The molecule has 5 nitrogen and oxygen atoms in total. The Bertz CT molecular complexity index is 831. The third-order valence-corrected chi connectivity index (χ3v) is 3.86. The van der Waals surface area contributed by atoms with Crippen molar-refractivity contribution in [3.05, 3.63) is 65.4 Å². The molecule has 122 valence electrons. The highest BCUT2D eigenvalue weighted by Crippen LogP contribution is 2.17. The predicted octanol–water partition coefficient (Wildman–Crippen LogP) is 3.05. The Labute approximate surface area is 145 Å². The number of hydrogen-bond donors (Lipinski definition) is 2. The molecule has 3 rings (SSSR count). The van der Waals surface area contributed by atoms with Crippen LogP contribution < -0.4 is 10.6 Å². The van der Waals surface area contributed by atoms with E-state index in [0.29, 0.717) is 17.4 Å². The summed E-state index contributed by atoms with van der Waals surface area (Å²) in [6.07, 6.45) is 2.25. The van der Waals surface area contributed by atoms with Crippen molar-refractivity contribution in [1.29, 1.82) is 0 Å². The van der Waals surface area contributed by atoms with Crippen molar-refractivity contribution < 1.29 is 4.79 Å². The lowest BCUT2D eigenvalue weighted by molar-refractivity contribution is -0.119. The SMILES string of the molecule is O=C(CNc1ncnc2ccccc12)NCCc1ccc(Cl)cc1. The van der Waals surface area contributed by atoms with Crippen molar-refractivity contribution in [3.8, 4) is 0 Å². The average Bonchev–Trinajstić information content (AvgIpc) is 2.61. The number of anilines is 1. The normalized spacial score (nSPS) is 10.5. The van der Waals surface area contributed by atoms with E-state index >= 15 is 0 Å². The van der Waals surface area contributed by atoms with E-state index in [-0.39, 0.29) is 12.5 Å². The van der Waals surface area contributed by atoms with E-state index in [2.05, 4.69) is 20.6 Å². The molecule has 2 aromatic carbocycles. The minimum atomic E-state index is -0.0772. The zero-order valence-corrected chi connectivity index (χ0v) is 13.8. The van der Waals surface area contributed by atoms with Gasteiger partial charge in [-0.25, -0.2) is 9.97 Å². The van der Waals surface area contributed by atoms with Crippen LogP contribution in [-0.4, -0.2) is 29.0 Å². The van der Waals surface area contributed by atoms with E-state index in [1.54, 1.807) is 0 Å². The standard InChI is InChI=1S/C18H17ClN4O/c19-14-7-5-13(6-8-14)9-10-20-17(24)11-21-18-15-3-1-2-4-16(15)22-12-23-18/h1-8,12H,9-11H2,(H,20,24)(H,21,22,23). The number of nitrogens with one attached hydrogen (secondary N) is 2. The molecule has 0 radical (unpaired) electrons. The van der Waals surface area contributed by atoms with Crippen molar-refractivity contribution in [3.63, 3.8) is 0 Å². The summed E-state index contributed by atoms with van der Waals surface area (Å²) in [5, 5.41) is 7.56. The molecule has 3 aromatic rings. The van der Waals surface area contributed by atoms with Crippen molar-refractivity contribution in [2.75, 3.05) is 18.4 Å². The van der Waals surface area contributed by atoms with E-state index in [1.807, 2.05) is 48.5 Å². The van der Waals surface area contributed by atoms with Crippen LogP contribution in [0.1, 0.15) is 5.56 Å². The maximum atomic E-state index is 12.0. The molecule has 0 aliphatic rings. The first-order valence-electron chi connectivity index (χ1n) is 7.67. The molecule has 0 saturated heterocycles. The van der Waals surface area contributed by atoms with Gasteiger partial charge in [0.2, 0.25) is 5.91 Å². The number of aromatic nitrogens is 2. The monoisotopic (exact) mass is 340 g/mol. The lowest BCUT2D eigenvalue weighted by Gasteiger charge is -2.09. The van der Waals surface area contributed by atoms with Gasteiger partial charge < -0.3 is 10.6 Å². The van der Waals surface area contributed by atoms with Gasteiger partial charge in [-0.1, -0.05) is 35.9 Å². The van der Waals surface area contributed by atoms with Crippen molar-refractivity contribution in [2.45, 2.75) is 6.42 Å². The number of fused-ring (bicyclic) bond motifs is 1. The van der Waals surface area contributed by atoms with Crippen LogP contribution in [0.2, 0.25) is 5.02 Å². The molecule has 1 amide bonds. The zero-order chi connectivity index (χ0) is 16.8. The van der Waals surface area contributed by atoms with Crippen LogP contribution >= 0.6 is 11.6 Å². The van der Waals surface area contributed by atoms with Crippen LogP contribution in [0.4, 0.5) is 5.82 Å². The van der Waals surface area contributed by atoms with Crippen LogP contribution in [-0.2, 0) is 11.2 Å². The number of carbonyl (C=O) groups excluding carboxylic acids is 1. The zero-order valence-electron chi connectivity index (χ0n) is 13.0. The fourth-order valence-corrected chi connectivity index (χ4v) is 2.50. The van der Waals surface area contributed by atoms with E-state index in [0.717, 1.165) is 22.9 Å². The van der Waals surface area contributed by atoms with Crippen LogP contribution in [0, 0.1) is 0 Å². The predicted molar refractivity (Wildman–Crippen MR) is 96.2 cm³/mol. The fourth-order valence-electron chi connectivity index (χ4n) is 2.37. The molecule has 1 heterocycles. The molecule has 0 bridgehead atoms. The number of para-hydroxylation sites is 1. The Morgan fingerprint density at radius 3 is 2.67 bits per heavy atom. The topological polar surface area (TPSA) is 66.9 Å². The minimum Gasteiger partial charge on any atom is -0.360 e. The first-order valence-corrected chi connectivity index (χ1v) is 8.05. The van der Waals surface area contributed by atoms with Gasteiger partial charge in [-0.2, -0.15) is 0 Å². The Kier molecular flexibility index (Phi) is 5.23. The molecular formula is C18H17ClN4O. The smallest absolute Gasteiger partial charge is 0.239 e. The number of hydrogen-bond acceptors (Lipinski definition) is 4. The van der Waals surface area contributed by atoms with Gasteiger partial charge in [-0.15, -0.1) is 0 Å². The molecule has 0 saturated carbocycles. The number of amides is 1. The second-order valence-electron chi connectivity index (χ2n) is 5.32. The summed E-state index contributed by atoms with van der Waals surface area (Å²) in [6, 6.07) is 15.3. The number of benzene rings is 2. The highest BCUT2D eigenvalue weighted by Gasteiger charge is 2.05. The molecule has 0 unspecified atom stereocenters. The first-order chi connectivity index (χ1) is 11.7. The van der Waals surface area contributed by atoms with Gasteiger partial charge in [0.1, 0.15) is 12.1 Å². The summed E-state index contributed by atoms with van der Waals surface area (Å²) in [5.41, 5.74) is 1.98. The third kappa shape index (κ3) is 4.20. The summed E-state index contributed by atoms with van der Waals surface area (Å²) in [4.78, 5) is 20.4. The Morgan fingerprint density at radius 1 is 1.04 bits per heavy atom. The number of carbonyl (C=O) groups is 1. The second kappa shape index (κ2) is 7.75. The van der Waals surface area contributed by atoms with Crippen molar-refractivity contribution >= 4 is 34.2 Å². The van der Waals surface area contributed by atoms with Gasteiger partial charge in [0.05, 0.1) is 12.1 Å². The van der Waals surface area contributed by atoms with Crippen LogP contribution in [0.15, 0.2) is 54.9 Å². The summed E-state index contributed by atoms with van der Waals surface area (Å²) in [6.45, 7) is 0.744. The highest BCUT2D eigenvalue weighted by molar-refractivity contribution is 6.30. The van der Waals surface area contributed by atoms with Gasteiger partial charge in [-0.05, 0) is 36.2 Å². The Hall–Kier alpha value is -2.66.